The number of aliphatic hydroxyl groups is 1. The van der Waals surface area contributed by atoms with E-state index in [1.165, 1.54) is 0 Å². The number of rotatable bonds is 4. The van der Waals surface area contributed by atoms with Crippen molar-refractivity contribution in [3.05, 3.63) is 17.0 Å². The van der Waals surface area contributed by atoms with Crippen LogP contribution in [0.1, 0.15) is 30.4 Å². The zero-order valence-corrected chi connectivity index (χ0v) is 13.1. The number of thioether (sulfide) groups is 1. The molecule has 2 atom stereocenters. The number of aliphatic hydroxyl groups excluding tert-OH is 1. The van der Waals surface area contributed by atoms with Gasteiger partial charge < -0.3 is 14.5 Å². The Morgan fingerprint density at radius 2 is 2.30 bits per heavy atom. The second-order valence-corrected chi connectivity index (χ2v) is 6.45. The van der Waals surface area contributed by atoms with Gasteiger partial charge in [0.05, 0.1) is 17.6 Å². The summed E-state index contributed by atoms with van der Waals surface area (Å²) in [7, 11) is 0. The summed E-state index contributed by atoms with van der Waals surface area (Å²) in [5.74, 6) is 2.39. The van der Waals surface area contributed by atoms with Gasteiger partial charge in [0.25, 0.3) is 0 Å². The molecule has 0 radical (unpaired) electrons. The Bertz CT molecular complexity index is 455. The monoisotopic (exact) mass is 298 g/mol. The molecule has 1 aromatic rings. The first-order chi connectivity index (χ1) is 9.49. The maximum atomic E-state index is 12.1. The molecule has 1 aliphatic heterocycles. The number of carbonyl (C=O) groups excluding carboxylic acids is 1. The zero-order valence-electron chi connectivity index (χ0n) is 12.3. The highest BCUT2D eigenvalue weighted by molar-refractivity contribution is 7.99. The molecule has 1 saturated heterocycles. The standard InChI is InChI=1S/C14H22N2O3S/c1-9-4-5-16(6-13(9)17)14(18)8-20-7-12-10(2)15-19-11(12)3/h9,13,17H,4-8H2,1-3H3. The number of hydrogen-bond acceptors (Lipinski definition) is 5. The number of nitrogens with zero attached hydrogens (tertiary/aromatic N) is 2. The van der Waals surface area contributed by atoms with Crippen molar-refractivity contribution in [3.63, 3.8) is 0 Å². The molecule has 0 spiro atoms. The molecule has 0 saturated carbocycles. The molecule has 2 unspecified atom stereocenters. The van der Waals surface area contributed by atoms with E-state index in [1.54, 1.807) is 16.7 Å². The van der Waals surface area contributed by atoms with Gasteiger partial charge in [-0.2, -0.15) is 0 Å². The molecule has 1 N–H and O–H groups in total. The summed E-state index contributed by atoms with van der Waals surface area (Å²) in [5.41, 5.74) is 1.97. The van der Waals surface area contributed by atoms with Gasteiger partial charge in [0.15, 0.2) is 0 Å². The number of piperidine rings is 1. The maximum absolute atomic E-state index is 12.1. The van der Waals surface area contributed by atoms with Gasteiger partial charge in [0.1, 0.15) is 5.76 Å². The van der Waals surface area contributed by atoms with E-state index < -0.39 is 0 Å². The van der Waals surface area contributed by atoms with Gasteiger partial charge >= 0.3 is 0 Å². The predicted octanol–water partition coefficient (Wildman–Crippen LogP) is 1.75. The number of amides is 1. The van der Waals surface area contributed by atoms with E-state index in [9.17, 15) is 9.90 Å². The van der Waals surface area contributed by atoms with Crippen LogP contribution in [0, 0.1) is 19.8 Å². The summed E-state index contributed by atoms with van der Waals surface area (Å²) in [6, 6.07) is 0. The second-order valence-electron chi connectivity index (χ2n) is 5.47. The van der Waals surface area contributed by atoms with Crippen LogP contribution in [-0.2, 0) is 10.5 Å². The fraction of sp³-hybridized carbons (Fsp3) is 0.714. The lowest BCUT2D eigenvalue weighted by Crippen LogP contribution is -2.46. The van der Waals surface area contributed by atoms with Crippen LogP contribution in [0.25, 0.3) is 0 Å². The van der Waals surface area contributed by atoms with Gasteiger partial charge in [-0.25, -0.2) is 0 Å². The van der Waals surface area contributed by atoms with Crippen molar-refractivity contribution >= 4 is 17.7 Å². The minimum atomic E-state index is -0.389. The van der Waals surface area contributed by atoms with Crippen molar-refractivity contribution < 1.29 is 14.4 Å². The van der Waals surface area contributed by atoms with E-state index in [2.05, 4.69) is 5.16 Å². The van der Waals surface area contributed by atoms with Crippen LogP contribution in [-0.4, -0.2) is 46.0 Å². The molecule has 1 aliphatic rings. The molecule has 6 heteroatoms. The van der Waals surface area contributed by atoms with Crippen LogP contribution in [0.4, 0.5) is 0 Å². The van der Waals surface area contributed by atoms with E-state index >= 15 is 0 Å². The number of aryl methyl sites for hydroxylation is 2. The Labute approximate surface area is 123 Å². The largest absolute Gasteiger partial charge is 0.391 e. The van der Waals surface area contributed by atoms with Gasteiger partial charge in [0, 0.05) is 24.4 Å². The Hall–Kier alpha value is -1.01. The summed E-state index contributed by atoms with van der Waals surface area (Å²) >= 11 is 1.57. The lowest BCUT2D eigenvalue weighted by Gasteiger charge is -2.34. The molecular formula is C14H22N2O3S. The van der Waals surface area contributed by atoms with Gasteiger partial charge in [-0.1, -0.05) is 12.1 Å². The van der Waals surface area contributed by atoms with Crippen molar-refractivity contribution in [2.45, 2.75) is 39.0 Å². The molecular weight excluding hydrogens is 276 g/mol. The van der Waals surface area contributed by atoms with Gasteiger partial charge in [-0.15, -0.1) is 11.8 Å². The van der Waals surface area contributed by atoms with Crippen LogP contribution >= 0.6 is 11.8 Å². The molecule has 2 rings (SSSR count). The summed E-state index contributed by atoms with van der Waals surface area (Å²) in [6.07, 6.45) is 0.488. The molecule has 0 aliphatic carbocycles. The highest BCUT2D eigenvalue weighted by Gasteiger charge is 2.27. The molecule has 1 fully saturated rings. The first-order valence-electron chi connectivity index (χ1n) is 6.94. The van der Waals surface area contributed by atoms with E-state index in [4.69, 9.17) is 4.52 Å². The third kappa shape index (κ3) is 3.55. The lowest BCUT2D eigenvalue weighted by atomic mass is 9.96. The maximum Gasteiger partial charge on any atom is 0.232 e. The first kappa shape index (κ1) is 15.4. The SMILES string of the molecule is Cc1noc(C)c1CSCC(=O)N1CCC(C)C(O)C1. The van der Waals surface area contributed by atoms with Crippen molar-refractivity contribution in [2.75, 3.05) is 18.8 Å². The van der Waals surface area contributed by atoms with Crippen molar-refractivity contribution in [3.8, 4) is 0 Å². The Morgan fingerprint density at radius 3 is 2.90 bits per heavy atom. The zero-order chi connectivity index (χ0) is 14.7. The van der Waals surface area contributed by atoms with E-state index in [0.717, 1.165) is 35.7 Å². The minimum absolute atomic E-state index is 0.104. The number of carbonyl (C=O) groups is 1. The molecule has 0 aromatic carbocycles. The smallest absolute Gasteiger partial charge is 0.232 e. The van der Waals surface area contributed by atoms with Crippen LogP contribution < -0.4 is 0 Å². The minimum Gasteiger partial charge on any atom is -0.391 e. The summed E-state index contributed by atoms with van der Waals surface area (Å²) in [5, 5.41) is 13.7. The average Bonchev–Trinajstić information content (AvgIpc) is 2.73. The summed E-state index contributed by atoms with van der Waals surface area (Å²) in [4.78, 5) is 13.9. The van der Waals surface area contributed by atoms with Crippen LogP contribution in [0.3, 0.4) is 0 Å². The molecule has 5 nitrogen and oxygen atoms in total. The number of hydrogen-bond donors (Lipinski definition) is 1. The third-order valence-electron chi connectivity index (χ3n) is 3.92. The molecule has 2 heterocycles. The number of β-amino-alcohol motifs (C(OH)–C–C–N with tert-alkyl or cyclic N) is 1. The van der Waals surface area contributed by atoms with Crippen molar-refractivity contribution in [1.29, 1.82) is 0 Å². The molecule has 20 heavy (non-hydrogen) atoms. The second kappa shape index (κ2) is 6.63. The highest BCUT2D eigenvalue weighted by atomic mass is 32.2. The Kier molecular flexibility index (Phi) is 5.10. The first-order valence-corrected chi connectivity index (χ1v) is 8.10. The van der Waals surface area contributed by atoms with E-state index in [0.29, 0.717) is 12.3 Å². The van der Waals surface area contributed by atoms with Gasteiger partial charge in [-0.05, 0) is 26.2 Å². The Morgan fingerprint density at radius 1 is 1.55 bits per heavy atom. The summed E-state index contributed by atoms with van der Waals surface area (Å²) in [6.45, 7) is 7.05. The number of aromatic nitrogens is 1. The van der Waals surface area contributed by atoms with Gasteiger partial charge in [0.2, 0.25) is 5.91 Å². The molecule has 112 valence electrons. The topological polar surface area (TPSA) is 66.6 Å². The molecule has 1 amide bonds. The van der Waals surface area contributed by atoms with Gasteiger partial charge in [-0.3, -0.25) is 4.79 Å². The predicted molar refractivity (Wildman–Crippen MR) is 78.5 cm³/mol. The fourth-order valence-electron chi connectivity index (χ4n) is 2.32. The third-order valence-corrected chi connectivity index (χ3v) is 4.87. The quantitative estimate of drug-likeness (QED) is 0.917. The average molecular weight is 298 g/mol. The Balaban J connectivity index is 1.78. The molecule has 1 aromatic heterocycles. The van der Waals surface area contributed by atoms with Crippen LogP contribution in [0.5, 0.6) is 0 Å². The summed E-state index contributed by atoms with van der Waals surface area (Å²) < 4.78 is 5.10. The lowest BCUT2D eigenvalue weighted by molar-refractivity contribution is -0.132. The van der Waals surface area contributed by atoms with Crippen LogP contribution in [0.15, 0.2) is 4.52 Å². The fourth-order valence-corrected chi connectivity index (χ4v) is 3.39. The van der Waals surface area contributed by atoms with E-state index in [-0.39, 0.29) is 17.9 Å². The number of likely N-dealkylation sites (tertiary alicyclic amines) is 1. The molecule has 0 bridgehead atoms. The van der Waals surface area contributed by atoms with Crippen molar-refractivity contribution in [2.24, 2.45) is 5.92 Å². The van der Waals surface area contributed by atoms with E-state index in [1.807, 2.05) is 20.8 Å². The van der Waals surface area contributed by atoms with Crippen molar-refractivity contribution in [1.82, 2.24) is 10.1 Å². The highest BCUT2D eigenvalue weighted by Crippen LogP contribution is 2.21. The van der Waals surface area contributed by atoms with Crippen LogP contribution in [0.2, 0.25) is 0 Å². The normalized spacial score (nSPS) is 23.1.